The summed E-state index contributed by atoms with van der Waals surface area (Å²) < 4.78 is 0. The van der Waals surface area contributed by atoms with E-state index in [1.54, 1.807) is 40.1 Å². The third kappa shape index (κ3) is 4.44. The molecule has 0 spiro atoms. The normalized spacial score (nSPS) is 12.4. The van der Waals surface area contributed by atoms with Gasteiger partial charge in [0.25, 0.3) is 5.91 Å². The summed E-state index contributed by atoms with van der Waals surface area (Å²) in [7, 11) is 8.23. The van der Waals surface area contributed by atoms with Crippen molar-refractivity contribution in [2.45, 2.75) is 6.92 Å². The molecule has 0 unspecified atom stereocenters. The van der Waals surface area contributed by atoms with Gasteiger partial charge in [-0.2, -0.15) is 5.10 Å². The minimum atomic E-state index is -0.206. The molecule has 15 heavy (non-hydrogen) atoms. The van der Waals surface area contributed by atoms with Crippen molar-refractivity contribution < 1.29 is 9.63 Å². The molecule has 0 saturated carbocycles. The lowest BCUT2D eigenvalue weighted by Crippen LogP contribution is -2.35. The fourth-order valence-electron chi connectivity index (χ4n) is 0.862. The van der Waals surface area contributed by atoms with Crippen molar-refractivity contribution in [1.82, 2.24) is 9.91 Å². The summed E-state index contributed by atoms with van der Waals surface area (Å²) in [5.74, 6) is -0.206. The fourth-order valence-corrected chi connectivity index (χ4v) is 0.862. The van der Waals surface area contributed by atoms with E-state index in [4.69, 9.17) is 0 Å². The molecule has 6 heteroatoms. The molecule has 0 bridgehead atoms. The monoisotopic (exact) mass is 214 g/mol. The van der Waals surface area contributed by atoms with Crippen LogP contribution in [0.2, 0.25) is 0 Å². The Morgan fingerprint density at radius 3 is 2.07 bits per heavy atom. The molecular weight excluding hydrogens is 196 g/mol. The molecule has 0 rings (SSSR count). The number of carbonyl (C=O) groups is 1. The Labute approximate surface area is 90.2 Å². The molecule has 0 saturated heterocycles. The molecule has 0 atom stereocenters. The van der Waals surface area contributed by atoms with E-state index in [0.29, 0.717) is 5.71 Å². The zero-order valence-electron chi connectivity index (χ0n) is 10.1. The summed E-state index contributed by atoms with van der Waals surface area (Å²) in [5.41, 5.74) is 0.719. The third-order valence-corrected chi connectivity index (χ3v) is 1.48. The number of nitrogens with zero attached hydrogens (tertiary/aromatic N) is 4. The van der Waals surface area contributed by atoms with Crippen molar-refractivity contribution in [3.8, 4) is 0 Å². The number of oxime groups is 1. The fraction of sp³-hybridized carbons (Fsp3) is 0.667. The quantitative estimate of drug-likeness (QED) is 0.489. The van der Waals surface area contributed by atoms with Gasteiger partial charge in [0.2, 0.25) is 0 Å². The molecule has 0 fully saturated rings. The molecule has 6 nitrogen and oxygen atoms in total. The van der Waals surface area contributed by atoms with Gasteiger partial charge in [-0.3, -0.25) is 4.79 Å². The second-order valence-corrected chi connectivity index (χ2v) is 3.35. The molecule has 0 radical (unpaired) electrons. The van der Waals surface area contributed by atoms with Crippen LogP contribution in [0.1, 0.15) is 6.92 Å². The van der Waals surface area contributed by atoms with Gasteiger partial charge >= 0.3 is 0 Å². The predicted molar refractivity (Wildman–Crippen MR) is 59.9 cm³/mol. The van der Waals surface area contributed by atoms with Gasteiger partial charge in [0.1, 0.15) is 12.8 Å². The van der Waals surface area contributed by atoms with Crippen LogP contribution < -0.4 is 0 Å². The molecular formula is C9H18N4O2. The van der Waals surface area contributed by atoms with Gasteiger partial charge in [0.15, 0.2) is 5.71 Å². The van der Waals surface area contributed by atoms with Crippen LogP contribution in [0.25, 0.3) is 0 Å². The summed E-state index contributed by atoms with van der Waals surface area (Å²) in [6.45, 7) is 1.67. The Hall–Kier alpha value is -1.59. The standard InChI is InChI=1S/C9H18N4O2/c1-7(11-15-6)8(10-13(4)5)9(14)12(2)3/h1-6H3/b10-8+,11-7+. The lowest BCUT2D eigenvalue weighted by atomic mass is 10.2. The zero-order chi connectivity index (χ0) is 12.0. The summed E-state index contributed by atoms with van der Waals surface area (Å²) in [5, 5.41) is 9.30. The number of carbonyl (C=O) groups excluding carboxylic acids is 1. The van der Waals surface area contributed by atoms with E-state index in [-0.39, 0.29) is 11.6 Å². The van der Waals surface area contributed by atoms with Gasteiger partial charge < -0.3 is 14.7 Å². The van der Waals surface area contributed by atoms with E-state index in [1.807, 2.05) is 0 Å². The Kier molecular flexibility index (Phi) is 5.36. The zero-order valence-corrected chi connectivity index (χ0v) is 10.1. The molecule has 0 aromatic rings. The predicted octanol–water partition coefficient (Wildman–Crippen LogP) is 0.0145. The van der Waals surface area contributed by atoms with Crippen LogP contribution in [-0.2, 0) is 9.63 Å². The lowest BCUT2D eigenvalue weighted by Gasteiger charge is -2.14. The average Bonchev–Trinajstić information content (AvgIpc) is 2.13. The molecule has 0 aliphatic carbocycles. The molecule has 0 aliphatic heterocycles. The molecule has 0 heterocycles. The van der Waals surface area contributed by atoms with Crippen LogP contribution in [0.15, 0.2) is 10.3 Å². The summed E-state index contributed by atoms with van der Waals surface area (Å²) in [6.07, 6.45) is 0. The van der Waals surface area contributed by atoms with Crippen molar-refractivity contribution in [3.63, 3.8) is 0 Å². The topological polar surface area (TPSA) is 57.5 Å². The number of rotatable bonds is 4. The van der Waals surface area contributed by atoms with E-state index in [9.17, 15) is 4.79 Å². The summed E-state index contributed by atoms with van der Waals surface area (Å²) in [4.78, 5) is 17.8. The van der Waals surface area contributed by atoms with E-state index < -0.39 is 0 Å². The maximum absolute atomic E-state index is 11.7. The number of amides is 1. The Balaban J connectivity index is 5.07. The number of hydrogen-bond donors (Lipinski definition) is 0. The van der Waals surface area contributed by atoms with Crippen LogP contribution >= 0.6 is 0 Å². The van der Waals surface area contributed by atoms with Crippen LogP contribution in [0.4, 0.5) is 0 Å². The van der Waals surface area contributed by atoms with Gasteiger partial charge in [-0.25, -0.2) is 0 Å². The van der Waals surface area contributed by atoms with Gasteiger partial charge in [0, 0.05) is 28.2 Å². The second kappa shape index (κ2) is 6.00. The molecule has 0 aliphatic rings. The lowest BCUT2D eigenvalue weighted by molar-refractivity contribution is -0.121. The van der Waals surface area contributed by atoms with Crippen molar-refractivity contribution in [2.24, 2.45) is 10.3 Å². The highest BCUT2D eigenvalue weighted by Gasteiger charge is 2.18. The van der Waals surface area contributed by atoms with Crippen LogP contribution in [0.5, 0.6) is 0 Å². The number of hydrogen-bond acceptors (Lipinski definition) is 5. The maximum atomic E-state index is 11.7. The molecule has 1 amide bonds. The van der Waals surface area contributed by atoms with Gasteiger partial charge in [0.05, 0.1) is 0 Å². The highest BCUT2D eigenvalue weighted by atomic mass is 16.6. The summed E-state index contributed by atoms with van der Waals surface area (Å²) >= 11 is 0. The van der Waals surface area contributed by atoms with Crippen LogP contribution in [-0.4, -0.2) is 62.5 Å². The molecule has 0 aromatic carbocycles. The SMILES string of the molecule is CO/N=C(C)/C(=N\N(C)C)C(=O)N(C)C. The second-order valence-electron chi connectivity index (χ2n) is 3.35. The van der Waals surface area contributed by atoms with Crippen molar-refractivity contribution in [3.05, 3.63) is 0 Å². The van der Waals surface area contributed by atoms with Gasteiger partial charge in [-0.15, -0.1) is 0 Å². The Bertz CT molecular complexity index is 282. The van der Waals surface area contributed by atoms with Crippen molar-refractivity contribution >= 4 is 17.3 Å². The average molecular weight is 214 g/mol. The van der Waals surface area contributed by atoms with Crippen molar-refractivity contribution in [2.75, 3.05) is 35.3 Å². The first-order valence-electron chi connectivity index (χ1n) is 4.45. The largest absolute Gasteiger partial charge is 0.399 e. The Morgan fingerprint density at radius 2 is 1.73 bits per heavy atom. The highest BCUT2D eigenvalue weighted by Crippen LogP contribution is 1.93. The van der Waals surface area contributed by atoms with E-state index in [0.717, 1.165) is 0 Å². The molecule has 0 aromatic heterocycles. The minimum absolute atomic E-state index is 0.206. The number of hydrazone groups is 1. The maximum Gasteiger partial charge on any atom is 0.275 e. The highest BCUT2D eigenvalue weighted by molar-refractivity contribution is 6.66. The first-order valence-corrected chi connectivity index (χ1v) is 4.45. The van der Waals surface area contributed by atoms with E-state index in [2.05, 4.69) is 15.1 Å². The van der Waals surface area contributed by atoms with E-state index >= 15 is 0 Å². The van der Waals surface area contributed by atoms with Crippen molar-refractivity contribution in [1.29, 1.82) is 0 Å². The van der Waals surface area contributed by atoms with Crippen LogP contribution in [0, 0.1) is 0 Å². The van der Waals surface area contributed by atoms with E-state index in [1.165, 1.54) is 12.0 Å². The first-order chi connectivity index (χ1) is 6.90. The molecule has 0 N–H and O–H groups in total. The third-order valence-electron chi connectivity index (χ3n) is 1.48. The Morgan fingerprint density at radius 1 is 1.20 bits per heavy atom. The summed E-state index contributed by atoms with van der Waals surface area (Å²) in [6, 6.07) is 0. The van der Waals surface area contributed by atoms with Gasteiger partial charge in [-0.05, 0) is 6.92 Å². The first kappa shape index (κ1) is 13.4. The van der Waals surface area contributed by atoms with Gasteiger partial charge in [-0.1, -0.05) is 5.16 Å². The smallest absolute Gasteiger partial charge is 0.275 e. The van der Waals surface area contributed by atoms with Crippen LogP contribution in [0.3, 0.4) is 0 Å². The minimum Gasteiger partial charge on any atom is -0.399 e. The molecule has 86 valence electrons.